The van der Waals surface area contributed by atoms with E-state index in [1.807, 2.05) is 0 Å². The van der Waals surface area contributed by atoms with Crippen LogP contribution in [0.5, 0.6) is 0 Å². The van der Waals surface area contributed by atoms with E-state index in [0.29, 0.717) is 13.2 Å². The number of fused-ring (bicyclic) bond motifs is 1. The lowest BCUT2D eigenvalue weighted by atomic mass is 10.1. The lowest BCUT2D eigenvalue weighted by Gasteiger charge is -2.12. The minimum atomic E-state index is -4.44. The highest BCUT2D eigenvalue weighted by Gasteiger charge is 2.30. The Morgan fingerprint density at radius 2 is 2.19 bits per heavy atom. The summed E-state index contributed by atoms with van der Waals surface area (Å²) in [5, 5.41) is 0.184. The molecular weight excluding hydrogens is 285 g/mol. The highest BCUT2D eigenvalue weighted by atomic mass is 19.4. The number of hydrogen-bond donors (Lipinski definition) is 0. The number of aromatic nitrogens is 2. The van der Waals surface area contributed by atoms with Crippen molar-refractivity contribution >= 4 is 10.9 Å². The third-order valence-electron chi connectivity index (χ3n) is 3.58. The summed E-state index contributed by atoms with van der Waals surface area (Å²) >= 11 is 0. The van der Waals surface area contributed by atoms with E-state index in [1.165, 1.54) is 17.0 Å². The van der Waals surface area contributed by atoms with Crippen molar-refractivity contribution in [3.8, 4) is 0 Å². The minimum Gasteiger partial charge on any atom is -0.376 e. The van der Waals surface area contributed by atoms with E-state index >= 15 is 0 Å². The standard InChI is InChI=1S/C14H13F3N2O2/c15-14(16,17)9-3-4-11-12(6-9)18-8-19(13(11)20)7-10-2-1-5-21-10/h3-4,6,8,10H,1-2,5,7H2/t10-/m1/s1. The predicted molar refractivity (Wildman–Crippen MR) is 70.0 cm³/mol. The highest BCUT2D eigenvalue weighted by Crippen LogP contribution is 2.30. The van der Waals surface area contributed by atoms with Crippen LogP contribution < -0.4 is 5.56 Å². The molecule has 0 radical (unpaired) electrons. The molecule has 1 aromatic carbocycles. The molecule has 0 N–H and O–H groups in total. The lowest BCUT2D eigenvalue weighted by Crippen LogP contribution is -2.26. The monoisotopic (exact) mass is 298 g/mol. The first-order valence-electron chi connectivity index (χ1n) is 6.63. The zero-order chi connectivity index (χ0) is 15.0. The summed E-state index contributed by atoms with van der Waals surface area (Å²) < 4.78 is 44.8. The number of ether oxygens (including phenoxy) is 1. The van der Waals surface area contributed by atoms with Crippen LogP contribution >= 0.6 is 0 Å². The van der Waals surface area contributed by atoms with E-state index < -0.39 is 11.7 Å². The number of benzene rings is 1. The third-order valence-corrected chi connectivity index (χ3v) is 3.58. The van der Waals surface area contributed by atoms with Crippen LogP contribution in [0.2, 0.25) is 0 Å². The van der Waals surface area contributed by atoms with E-state index in [2.05, 4.69) is 4.98 Å². The summed E-state index contributed by atoms with van der Waals surface area (Å²) in [5.74, 6) is 0. The van der Waals surface area contributed by atoms with E-state index in [9.17, 15) is 18.0 Å². The largest absolute Gasteiger partial charge is 0.416 e. The quantitative estimate of drug-likeness (QED) is 0.856. The Morgan fingerprint density at radius 3 is 2.86 bits per heavy atom. The Hall–Kier alpha value is -1.89. The second-order valence-corrected chi connectivity index (χ2v) is 5.07. The van der Waals surface area contributed by atoms with Crippen molar-refractivity contribution in [1.82, 2.24) is 9.55 Å². The average molecular weight is 298 g/mol. The van der Waals surface area contributed by atoms with Gasteiger partial charge >= 0.3 is 6.18 Å². The molecule has 1 atom stereocenters. The van der Waals surface area contributed by atoms with Crippen LogP contribution in [-0.4, -0.2) is 22.3 Å². The van der Waals surface area contributed by atoms with Crippen LogP contribution in [0.15, 0.2) is 29.3 Å². The first-order chi connectivity index (χ1) is 9.95. The van der Waals surface area contributed by atoms with Gasteiger partial charge in [-0.25, -0.2) is 4.98 Å². The van der Waals surface area contributed by atoms with Gasteiger partial charge in [0.05, 0.1) is 35.4 Å². The van der Waals surface area contributed by atoms with Gasteiger partial charge in [-0.15, -0.1) is 0 Å². The second kappa shape index (κ2) is 5.14. The zero-order valence-electron chi connectivity index (χ0n) is 11.1. The Bertz CT molecular complexity index is 718. The molecule has 0 amide bonds. The van der Waals surface area contributed by atoms with Gasteiger partial charge in [-0.05, 0) is 31.0 Å². The van der Waals surface area contributed by atoms with Crippen molar-refractivity contribution in [2.45, 2.75) is 31.7 Å². The Kier molecular flexibility index (Phi) is 3.44. The van der Waals surface area contributed by atoms with Crippen LogP contribution in [0.3, 0.4) is 0 Å². The van der Waals surface area contributed by atoms with Crippen LogP contribution in [-0.2, 0) is 17.5 Å². The van der Waals surface area contributed by atoms with Gasteiger partial charge in [0.25, 0.3) is 5.56 Å². The SMILES string of the molecule is O=c1c2ccc(C(F)(F)F)cc2ncn1C[C@H]1CCCO1. The third kappa shape index (κ3) is 2.78. The summed E-state index contributed by atoms with van der Waals surface area (Å²) in [4.78, 5) is 16.2. The molecule has 1 aliphatic rings. The maximum absolute atomic E-state index is 12.6. The molecule has 112 valence electrons. The molecule has 7 heteroatoms. The van der Waals surface area contributed by atoms with Crippen LogP contribution in [0.4, 0.5) is 13.2 Å². The average Bonchev–Trinajstić information content (AvgIpc) is 2.93. The van der Waals surface area contributed by atoms with Gasteiger partial charge < -0.3 is 4.74 Å². The van der Waals surface area contributed by atoms with Crippen molar-refractivity contribution in [2.75, 3.05) is 6.61 Å². The number of halogens is 3. The van der Waals surface area contributed by atoms with Crippen molar-refractivity contribution in [1.29, 1.82) is 0 Å². The molecule has 0 spiro atoms. The van der Waals surface area contributed by atoms with E-state index in [-0.39, 0.29) is 22.6 Å². The fraction of sp³-hybridized carbons (Fsp3) is 0.429. The number of rotatable bonds is 2. The van der Waals surface area contributed by atoms with Crippen molar-refractivity contribution < 1.29 is 17.9 Å². The molecule has 2 aromatic rings. The molecular formula is C14H13F3N2O2. The molecule has 1 aromatic heterocycles. The molecule has 0 bridgehead atoms. The van der Waals surface area contributed by atoms with Gasteiger partial charge in [0.15, 0.2) is 0 Å². The fourth-order valence-corrected chi connectivity index (χ4v) is 2.47. The van der Waals surface area contributed by atoms with Gasteiger partial charge in [-0.2, -0.15) is 13.2 Å². The van der Waals surface area contributed by atoms with Crippen LogP contribution in [0, 0.1) is 0 Å². The van der Waals surface area contributed by atoms with Gasteiger partial charge in [-0.1, -0.05) is 0 Å². The summed E-state index contributed by atoms with van der Waals surface area (Å²) in [7, 11) is 0. The van der Waals surface area contributed by atoms with Gasteiger partial charge in [0, 0.05) is 6.61 Å². The number of nitrogens with zero attached hydrogens (tertiary/aromatic N) is 2. The molecule has 0 aliphatic carbocycles. The highest BCUT2D eigenvalue weighted by molar-refractivity contribution is 5.78. The van der Waals surface area contributed by atoms with Crippen LogP contribution in [0.25, 0.3) is 10.9 Å². The zero-order valence-corrected chi connectivity index (χ0v) is 11.1. The molecule has 1 aliphatic heterocycles. The van der Waals surface area contributed by atoms with Gasteiger partial charge in [0.2, 0.25) is 0 Å². The minimum absolute atomic E-state index is 0.0311. The summed E-state index contributed by atoms with van der Waals surface area (Å²) in [6, 6.07) is 2.98. The Labute approximate surface area is 118 Å². The maximum atomic E-state index is 12.6. The second-order valence-electron chi connectivity index (χ2n) is 5.07. The van der Waals surface area contributed by atoms with Crippen molar-refractivity contribution in [3.63, 3.8) is 0 Å². The normalized spacial score (nSPS) is 19.3. The van der Waals surface area contributed by atoms with Crippen molar-refractivity contribution in [2.24, 2.45) is 0 Å². The first-order valence-corrected chi connectivity index (χ1v) is 6.63. The molecule has 21 heavy (non-hydrogen) atoms. The molecule has 2 heterocycles. The fourth-order valence-electron chi connectivity index (χ4n) is 2.47. The number of hydrogen-bond acceptors (Lipinski definition) is 3. The molecule has 1 fully saturated rings. The molecule has 4 nitrogen and oxygen atoms in total. The Balaban J connectivity index is 1.99. The summed E-state index contributed by atoms with van der Waals surface area (Å²) in [6.07, 6.45) is -1.36. The van der Waals surface area contributed by atoms with E-state index in [0.717, 1.165) is 25.0 Å². The van der Waals surface area contributed by atoms with Gasteiger partial charge in [-0.3, -0.25) is 9.36 Å². The molecule has 3 rings (SSSR count). The number of alkyl halides is 3. The van der Waals surface area contributed by atoms with Crippen molar-refractivity contribution in [3.05, 3.63) is 40.4 Å². The lowest BCUT2D eigenvalue weighted by molar-refractivity contribution is -0.137. The summed E-state index contributed by atoms with van der Waals surface area (Å²) in [5.41, 5.74) is -1.10. The Morgan fingerprint density at radius 1 is 1.38 bits per heavy atom. The molecule has 0 saturated carbocycles. The molecule has 0 unspecified atom stereocenters. The van der Waals surface area contributed by atoms with E-state index in [1.54, 1.807) is 0 Å². The first kappa shape index (κ1) is 14.1. The van der Waals surface area contributed by atoms with Crippen LogP contribution in [0.1, 0.15) is 18.4 Å². The topological polar surface area (TPSA) is 44.1 Å². The van der Waals surface area contributed by atoms with E-state index in [4.69, 9.17) is 4.74 Å². The smallest absolute Gasteiger partial charge is 0.376 e. The summed E-state index contributed by atoms with van der Waals surface area (Å²) in [6.45, 7) is 1.05. The predicted octanol–water partition coefficient (Wildman–Crippen LogP) is 2.59. The van der Waals surface area contributed by atoms with Gasteiger partial charge in [0.1, 0.15) is 0 Å². The maximum Gasteiger partial charge on any atom is 0.416 e. The molecule has 1 saturated heterocycles.